The maximum Gasteiger partial charge on any atom is 0.253 e. The Morgan fingerprint density at radius 2 is 1.66 bits per heavy atom. The van der Waals surface area contributed by atoms with Crippen molar-refractivity contribution in [1.29, 1.82) is 0 Å². The summed E-state index contributed by atoms with van der Waals surface area (Å²) in [7, 11) is -3.56. The zero-order valence-electron chi connectivity index (χ0n) is 17.2. The number of hydrogen-bond acceptors (Lipinski definition) is 4. The molecule has 0 radical (unpaired) electrons. The van der Waals surface area contributed by atoms with Crippen LogP contribution < -0.4 is 4.74 Å². The van der Waals surface area contributed by atoms with Crippen LogP contribution in [-0.2, 0) is 10.0 Å². The van der Waals surface area contributed by atoms with Gasteiger partial charge in [0.2, 0.25) is 10.0 Å². The van der Waals surface area contributed by atoms with Crippen molar-refractivity contribution in [3.63, 3.8) is 0 Å². The standard InChI is InChI=1S/C22H28N2O4S/c1-4-15-28-20-9-7-19(8-10-20)22(25)23-11-13-24(14-12-23)29(26,27)21-16-17(2)5-6-18(21)3/h5-10,16H,4,11-15H2,1-3H3. The first-order chi connectivity index (χ1) is 13.8. The van der Waals surface area contributed by atoms with Crippen LogP contribution in [0.5, 0.6) is 5.75 Å². The Hall–Kier alpha value is -2.38. The second-order valence-electron chi connectivity index (χ2n) is 7.34. The Morgan fingerprint density at radius 3 is 2.28 bits per heavy atom. The molecule has 2 aromatic carbocycles. The maximum absolute atomic E-state index is 13.0. The van der Waals surface area contributed by atoms with Crippen LogP contribution in [0.1, 0.15) is 34.8 Å². The topological polar surface area (TPSA) is 66.9 Å². The molecule has 0 bridgehead atoms. The van der Waals surface area contributed by atoms with Crippen LogP contribution in [0.2, 0.25) is 0 Å². The summed E-state index contributed by atoms with van der Waals surface area (Å²) in [6, 6.07) is 12.6. The third-order valence-electron chi connectivity index (χ3n) is 5.06. The minimum Gasteiger partial charge on any atom is -0.494 e. The van der Waals surface area contributed by atoms with Crippen LogP contribution >= 0.6 is 0 Å². The van der Waals surface area contributed by atoms with Gasteiger partial charge in [-0.1, -0.05) is 19.1 Å². The number of benzene rings is 2. The summed E-state index contributed by atoms with van der Waals surface area (Å²) in [5.74, 6) is 0.656. The molecule has 0 aromatic heterocycles. The molecule has 0 N–H and O–H groups in total. The van der Waals surface area contributed by atoms with Gasteiger partial charge in [-0.05, 0) is 61.7 Å². The quantitative estimate of drug-likeness (QED) is 0.725. The molecule has 1 amide bonds. The Morgan fingerprint density at radius 1 is 1.00 bits per heavy atom. The SMILES string of the molecule is CCCOc1ccc(C(=O)N2CCN(S(=O)(=O)c3cc(C)ccc3C)CC2)cc1. The lowest BCUT2D eigenvalue weighted by Crippen LogP contribution is -2.50. The number of rotatable bonds is 6. The first-order valence-electron chi connectivity index (χ1n) is 9.92. The lowest BCUT2D eigenvalue weighted by atomic mass is 10.2. The van der Waals surface area contributed by atoms with Gasteiger partial charge in [0, 0.05) is 31.7 Å². The van der Waals surface area contributed by atoms with Gasteiger partial charge in [0.25, 0.3) is 5.91 Å². The smallest absolute Gasteiger partial charge is 0.253 e. The average Bonchev–Trinajstić information content (AvgIpc) is 2.74. The molecule has 7 heteroatoms. The number of hydrogen-bond donors (Lipinski definition) is 0. The van der Waals surface area contributed by atoms with Crippen molar-refractivity contribution in [1.82, 2.24) is 9.21 Å². The third kappa shape index (κ3) is 4.79. The Labute approximate surface area is 173 Å². The van der Waals surface area contributed by atoms with E-state index >= 15 is 0 Å². The van der Waals surface area contributed by atoms with E-state index in [1.165, 1.54) is 4.31 Å². The van der Waals surface area contributed by atoms with Crippen molar-refractivity contribution < 1.29 is 17.9 Å². The van der Waals surface area contributed by atoms with Crippen LogP contribution in [0.25, 0.3) is 0 Å². The van der Waals surface area contributed by atoms with Gasteiger partial charge in [0.1, 0.15) is 5.75 Å². The number of piperazine rings is 1. The van der Waals surface area contributed by atoms with Crippen LogP contribution in [-0.4, -0.2) is 56.3 Å². The summed E-state index contributed by atoms with van der Waals surface area (Å²) in [6.45, 7) is 7.70. The fraction of sp³-hybridized carbons (Fsp3) is 0.409. The zero-order valence-corrected chi connectivity index (χ0v) is 18.0. The summed E-state index contributed by atoms with van der Waals surface area (Å²) in [5.41, 5.74) is 2.23. The van der Waals surface area contributed by atoms with E-state index in [1.807, 2.05) is 26.0 Å². The number of sulfonamides is 1. The lowest BCUT2D eigenvalue weighted by Gasteiger charge is -2.34. The Kier molecular flexibility index (Phi) is 6.59. The van der Waals surface area contributed by atoms with Gasteiger partial charge >= 0.3 is 0 Å². The number of aryl methyl sites for hydroxylation is 2. The van der Waals surface area contributed by atoms with E-state index in [2.05, 4.69) is 0 Å². The van der Waals surface area contributed by atoms with Gasteiger partial charge in [-0.25, -0.2) is 8.42 Å². The van der Waals surface area contributed by atoms with E-state index in [1.54, 1.807) is 42.2 Å². The van der Waals surface area contributed by atoms with E-state index < -0.39 is 10.0 Å². The second-order valence-corrected chi connectivity index (χ2v) is 9.24. The van der Waals surface area contributed by atoms with Gasteiger partial charge in [-0.3, -0.25) is 4.79 Å². The summed E-state index contributed by atoms with van der Waals surface area (Å²) >= 11 is 0. The molecule has 1 fully saturated rings. The molecule has 0 aliphatic carbocycles. The van der Waals surface area contributed by atoms with Gasteiger partial charge in [0.05, 0.1) is 11.5 Å². The van der Waals surface area contributed by atoms with Crippen molar-refractivity contribution in [3.8, 4) is 5.75 Å². The highest BCUT2D eigenvalue weighted by molar-refractivity contribution is 7.89. The molecular formula is C22H28N2O4S. The average molecular weight is 417 g/mol. The highest BCUT2D eigenvalue weighted by Crippen LogP contribution is 2.23. The van der Waals surface area contributed by atoms with Gasteiger partial charge in [0.15, 0.2) is 0 Å². The number of carbonyl (C=O) groups is 1. The predicted octanol–water partition coefficient (Wildman–Crippen LogP) is 3.24. The molecule has 1 saturated heterocycles. The van der Waals surface area contributed by atoms with Crippen LogP contribution in [0.3, 0.4) is 0 Å². The number of nitrogens with zero attached hydrogens (tertiary/aromatic N) is 2. The van der Waals surface area contributed by atoms with E-state index in [-0.39, 0.29) is 5.91 Å². The number of amides is 1. The van der Waals surface area contributed by atoms with Crippen molar-refractivity contribution in [2.24, 2.45) is 0 Å². The van der Waals surface area contributed by atoms with Gasteiger partial charge in [-0.2, -0.15) is 4.31 Å². The first kappa shape index (κ1) is 21.3. The lowest BCUT2D eigenvalue weighted by molar-refractivity contribution is 0.0698. The summed E-state index contributed by atoms with van der Waals surface area (Å²) in [6.07, 6.45) is 0.927. The van der Waals surface area contributed by atoms with Crippen LogP contribution in [0, 0.1) is 13.8 Å². The summed E-state index contributed by atoms with van der Waals surface area (Å²) < 4.78 is 33.1. The minimum absolute atomic E-state index is 0.0872. The molecule has 29 heavy (non-hydrogen) atoms. The van der Waals surface area contributed by atoms with E-state index in [9.17, 15) is 13.2 Å². The molecule has 0 atom stereocenters. The largest absolute Gasteiger partial charge is 0.494 e. The van der Waals surface area contributed by atoms with E-state index in [0.717, 1.165) is 23.3 Å². The Balaban J connectivity index is 1.65. The molecule has 1 aliphatic heterocycles. The molecule has 1 heterocycles. The molecule has 0 unspecified atom stereocenters. The molecular weight excluding hydrogens is 388 g/mol. The highest BCUT2D eigenvalue weighted by atomic mass is 32.2. The predicted molar refractivity (Wildman–Crippen MR) is 113 cm³/mol. The van der Waals surface area contributed by atoms with Gasteiger partial charge in [-0.15, -0.1) is 0 Å². The van der Waals surface area contributed by atoms with Crippen molar-refractivity contribution in [2.45, 2.75) is 32.1 Å². The highest BCUT2D eigenvalue weighted by Gasteiger charge is 2.31. The zero-order chi connectivity index (χ0) is 21.0. The number of ether oxygens (including phenoxy) is 1. The molecule has 6 nitrogen and oxygen atoms in total. The summed E-state index contributed by atoms with van der Waals surface area (Å²) in [5, 5.41) is 0. The second kappa shape index (κ2) is 8.97. The van der Waals surface area contributed by atoms with Crippen molar-refractivity contribution >= 4 is 15.9 Å². The maximum atomic E-state index is 13.0. The van der Waals surface area contributed by atoms with Crippen LogP contribution in [0.4, 0.5) is 0 Å². The van der Waals surface area contributed by atoms with E-state index in [4.69, 9.17) is 4.74 Å². The fourth-order valence-corrected chi connectivity index (χ4v) is 5.08. The monoisotopic (exact) mass is 416 g/mol. The Bertz CT molecular complexity index is 963. The third-order valence-corrected chi connectivity index (χ3v) is 7.10. The normalized spacial score (nSPS) is 15.3. The van der Waals surface area contributed by atoms with Crippen molar-refractivity contribution in [2.75, 3.05) is 32.8 Å². The van der Waals surface area contributed by atoms with E-state index in [0.29, 0.717) is 43.2 Å². The van der Waals surface area contributed by atoms with Crippen molar-refractivity contribution in [3.05, 3.63) is 59.2 Å². The molecule has 0 spiro atoms. The molecule has 3 rings (SSSR count). The molecule has 0 saturated carbocycles. The summed E-state index contributed by atoms with van der Waals surface area (Å²) in [4.78, 5) is 14.8. The minimum atomic E-state index is -3.56. The molecule has 156 valence electrons. The fourth-order valence-electron chi connectivity index (χ4n) is 3.35. The van der Waals surface area contributed by atoms with Crippen LogP contribution in [0.15, 0.2) is 47.4 Å². The first-order valence-corrected chi connectivity index (χ1v) is 11.4. The van der Waals surface area contributed by atoms with Gasteiger partial charge < -0.3 is 9.64 Å². The molecule has 1 aliphatic rings. The number of carbonyl (C=O) groups excluding carboxylic acids is 1. The molecule has 2 aromatic rings.